The van der Waals surface area contributed by atoms with E-state index in [0.29, 0.717) is 0 Å². The molecule has 534 valence electrons. The van der Waals surface area contributed by atoms with Gasteiger partial charge in [0.25, 0.3) is 0 Å². The van der Waals surface area contributed by atoms with Crippen molar-refractivity contribution in [3.8, 4) is 100 Å². The zero-order chi connectivity index (χ0) is 76.6. The second-order valence-corrected chi connectivity index (χ2v) is 20.6. The molecule has 0 fully saturated rings. The molecule has 0 spiro atoms. The van der Waals surface area contributed by atoms with Crippen molar-refractivity contribution in [2.24, 2.45) is 0 Å². The highest BCUT2D eigenvalue weighted by Gasteiger charge is 2.46. The van der Waals surface area contributed by atoms with E-state index in [9.17, 15) is 52.7 Å². The van der Waals surface area contributed by atoms with E-state index in [1.54, 1.807) is 0 Å². The first-order chi connectivity index (χ1) is 47.2. The molecule has 0 radical (unpaired) electrons. The summed E-state index contributed by atoms with van der Waals surface area (Å²) in [6.45, 7) is -0.526. The third-order valence-electron chi connectivity index (χ3n) is 15.4. The highest BCUT2D eigenvalue weighted by molar-refractivity contribution is 5.92. The van der Waals surface area contributed by atoms with E-state index in [1.165, 1.54) is 0 Å². The molecule has 0 N–H and O–H groups in total. The summed E-state index contributed by atoms with van der Waals surface area (Å²) in [7, 11) is 0. The van der Waals surface area contributed by atoms with Crippen LogP contribution in [0.2, 0.25) is 0 Å². The summed E-state index contributed by atoms with van der Waals surface area (Å²) in [5, 5.41) is 0. The molecule has 0 aliphatic carbocycles. The average Bonchev–Trinajstić information content (AvgIpc) is 0.705. The van der Waals surface area contributed by atoms with Crippen LogP contribution in [0.15, 0.2) is 0 Å². The summed E-state index contributed by atoms with van der Waals surface area (Å²) in [6, 6.07) is 0. The molecule has 0 aliphatic rings. The van der Waals surface area contributed by atoms with Gasteiger partial charge < -0.3 is 0 Å². The number of rotatable bonds is 9. The predicted octanol–water partition coefficient (Wildman–Crippen LogP) is 22.9. The minimum absolute atomic E-state index is 0.263. The molecule has 0 aliphatic heterocycles. The summed E-state index contributed by atoms with van der Waals surface area (Å²) in [6.07, 6.45) is 0. The maximum atomic E-state index is 18.0. The summed E-state index contributed by atoms with van der Waals surface area (Å²) in [4.78, 5) is 0. The van der Waals surface area contributed by atoms with Crippen LogP contribution in [-0.2, 0) is 0 Å². The maximum absolute atomic E-state index is 18.0. The van der Waals surface area contributed by atoms with Crippen LogP contribution in [0.4, 0.5) is 176 Å². The van der Waals surface area contributed by atoms with Crippen LogP contribution in [0.5, 0.6) is 0 Å². The van der Waals surface area contributed by atoms with Gasteiger partial charge in [-0.05, 0) is 25.0 Å². The zero-order valence-electron chi connectivity index (χ0n) is 47.1. The van der Waals surface area contributed by atoms with Crippen LogP contribution in [0.1, 0.15) is 11.1 Å². The first kappa shape index (κ1) is 74.1. The Kier molecular flexibility index (Phi) is 18.3. The molecular weight excluding hydrogens is 1500 g/mol. The first-order valence-corrected chi connectivity index (χ1v) is 25.8. The third-order valence-corrected chi connectivity index (χ3v) is 15.4. The van der Waals surface area contributed by atoms with Gasteiger partial charge >= 0.3 is 0 Å². The van der Waals surface area contributed by atoms with Crippen molar-refractivity contribution in [2.75, 3.05) is 0 Å². The van der Waals surface area contributed by atoms with Gasteiger partial charge in [-0.2, -0.15) is 0 Å². The Labute approximate surface area is 532 Å². The highest BCUT2D eigenvalue weighted by atomic mass is 19.2. The molecule has 0 atom stereocenters. The third kappa shape index (κ3) is 9.92. The molecule has 0 aromatic heterocycles. The molecule has 0 bridgehead atoms. The Morgan fingerprint density at radius 1 is 0.0784 bits per heavy atom. The Hall–Kier alpha value is -10.6. The van der Waals surface area contributed by atoms with E-state index in [4.69, 9.17) is 0 Å². The minimum atomic E-state index is -4.18. The van der Waals surface area contributed by atoms with Gasteiger partial charge in [-0.25, -0.2) is 176 Å². The molecule has 0 unspecified atom stereocenters. The van der Waals surface area contributed by atoms with Gasteiger partial charge in [0.05, 0.1) is 89.0 Å². The van der Waals surface area contributed by atoms with E-state index >= 15 is 123 Å². The molecule has 10 aromatic rings. The Morgan fingerprint density at radius 3 is 0.275 bits per heavy atom. The van der Waals surface area contributed by atoms with Gasteiger partial charge in [-0.1, -0.05) is 0 Å². The Bertz CT molecular complexity index is 4640. The molecule has 10 rings (SSSR count). The predicted molar refractivity (Wildman–Crippen MR) is 263 cm³/mol. The Morgan fingerprint density at radius 2 is 0.147 bits per heavy atom. The molecule has 0 saturated carbocycles. The van der Waals surface area contributed by atoms with E-state index < -0.39 is 344 Å². The van der Waals surface area contributed by atoms with Crippen molar-refractivity contribution in [1.29, 1.82) is 0 Å². The quantitative estimate of drug-likeness (QED) is 0.0768. The fourth-order valence-corrected chi connectivity index (χ4v) is 10.7. The summed E-state index contributed by atoms with van der Waals surface area (Å²) >= 11 is 0. The van der Waals surface area contributed by atoms with Gasteiger partial charge in [0, 0.05) is 11.1 Å². The standard InChI is InChI=1S/C62H6F40/c1-3-5(7-43(83)51(91)59(99)52(92)44(7)84)31(71)33(73)9(23(3)63)11-25(65)12(10-24(64)4(2)6(32(72)34(10)74)8-45(85)53(93)60(100)54(94)46(8)86)27(67)13(26(11)66)14-28(68)15(17-35(75)39(79)19(40(80)36(17)76)21-47(87)55(95)61(101)56(96)48(21)88)30(70)16(29(14)69)18-37(77)41(81)20(42(82)38(18)78)22-49(89)57(97)62(102)58(98)50(22)90/h1-2H3. The second-order valence-electron chi connectivity index (χ2n) is 20.6. The summed E-state index contributed by atoms with van der Waals surface area (Å²) in [5.41, 5.74) is -65.3. The van der Waals surface area contributed by atoms with Gasteiger partial charge in [0.15, 0.2) is 163 Å². The molecule has 40 heteroatoms. The van der Waals surface area contributed by atoms with Crippen molar-refractivity contribution in [2.45, 2.75) is 13.8 Å². The number of hydrogen-bond donors (Lipinski definition) is 0. The van der Waals surface area contributed by atoms with E-state index in [2.05, 4.69) is 0 Å². The monoisotopic (exact) mass is 1510 g/mol. The molecule has 0 heterocycles. The number of hydrogen-bond acceptors (Lipinski definition) is 0. The summed E-state index contributed by atoms with van der Waals surface area (Å²) < 4.78 is 633. The lowest BCUT2D eigenvalue weighted by Gasteiger charge is -2.23. The molecule has 0 nitrogen and oxygen atoms in total. The minimum Gasteiger partial charge on any atom is -0.206 e. The first-order valence-electron chi connectivity index (χ1n) is 25.8. The maximum Gasteiger partial charge on any atom is 0.200 e. The largest absolute Gasteiger partial charge is 0.206 e. The van der Waals surface area contributed by atoms with Gasteiger partial charge in [0.1, 0.15) is 46.5 Å². The van der Waals surface area contributed by atoms with Crippen LogP contribution < -0.4 is 0 Å². The normalized spacial score (nSPS) is 11.8. The molecule has 0 amide bonds. The smallest absolute Gasteiger partial charge is 0.200 e. The van der Waals surface area contributed by atoms with Crippen molar-refractivity contribution in [3.63, 3.8) is 0 Å². The Balaban J connectivity index is 1.47. The topological polar surface area (TPSA) is 0 Å². The van der Waals surface area contributed by atoms with Gasteiger partial charge in [-0.15, -0.1) is 0 Å². The van der Waals surface area contributed by atoms with Crippen molar-refractivity contribution in [1.82, 2.24) is 0 Å². The lowest BCUT2D eigenvalue weighted by atomic mass is 9.84. The van der Waals surface area contributed by atoms with Crippen LogP contribution in [0, 0.1) is 247 Å². The SMILES string of the molecule is Cc1c(F)c(-c2c(F)c(-c3c(F)c(C)c(-c4c(F)c(F)c(F)c(F)c4F)c(F)c3F)c(F)c(-c3c(F)c(-c4c(F)c(F)c(-c5c(F)c(F)c(F)c(F)c5F)c(F)c4F)c(F)c(-c4c(F)c(F)c(-c5c(F)c(F)c(F)c(F)c5F)c(F)c4F)c3F)c2F)c(F)c(F)c1-c1c(F)c(F)c(F)c(F)c1F. The van der Waals surface area contributed by atoms with Crippen LogP contribution in [0.3, 0.4) is 0 Å². The highest BCUT2D eigenvalue weighted by Crippen LogP contribution is 2.55. The van der Waals surface area contributed by atoms with E-state index in [1.807, 2.05) is 0 Å². The van der Waals surface area contributed by atoms with Crippen molar-refractivity contribution >= 4 is 0 Å². The zero-order valence-corrected chi connectivity index (χ0v) is 47.1. The van der Waals surface area contributed by atoms with Crippen molar-refractivity contribution < 1.29 is 176 Å². The van der Waals surface area contributed by atoms with Crippen LogP contribution in [-0.4, -0.2) is 0 Å². The lowest BCUT2D eigenvalue weighted by molar-refractivity contribution is 0.379. The van der Waals surface area contributed by atoms with Crippen molar-refractivity contribution in [3.05, 3.63) is 244 Å². The van der Waals surface area contributed by atoms with Crippen LogP contribution in [0.25, 0.3) is 100 Å². The summed E-state index contributed by atoms with van der Waals surface area (Å²) in [5.74, 6) is -143. The molecule has 0 saturated heterocycles. The molecular formula is C62H6F40. The van der Waals surface area contributed by atoms with E-state index in [-0.39, 0.29) is 13.8 Å². The second kappa shape index (κ2) is 25.2. The average molecular weight is 1510 g/mol. The van der Waals surface area contributed by atoms with E-state index in [0.717, 1.165) is 0 Å². The number of benzene rings is 10. The fourth-order valence-electron chi connectivity index (χ4n) is 10.7. The number of halogens is 40. The molecule has 102 heavy (non-hydrogen) atoms. The van der Waals surface area contributed by atoms with Gasteiger partial charge in [-0.3, -0.25) is 0 Å². The fraction of sp³-hybridized carbons (Fsp3) is 0.0323. The van der Waals surface area contributed by atoms with Crippen LogP contribution >= 0.6 is 0 Å². The van der Waals surface area contributed by atoms with Gasteiger partial charge in [0.2, 0.25) is 23.3 Å². The molecule has 10 aromatic carbocycles. The lowest BCUT2D eigenvalue weighted by Crippen LogP contribution is -2.15.